The molecule has 0 aliphatic carbocycles. The van der Waals surface area contributed by atoms with Crippen molar-refractivity contribution in [2.24, 2.45) is 4.99 Å². The fourth-order valence-corrected chi connectivity index (χ4v) is 2.07. The SMILES string of the molecule is COCC(C)NC1=NC(C)CS1. The summed E-state index contributed by atoms with van der Waals surface area (Å²) >= 11 is 1.79. The lowest BCUT2D eigenvalue weighted by molar-refractivity contribution is 0.179. The predicted octanol–water partition coefficient (Wildman–Crippen LogP) is 1.10. The Bertz CT molecular complexity index is 172. The molecule has 0 radical (unpaired) electrons. The van der Waals surface area contributed by atoms with Crippen LogP contribution in [0.4, 0.5) is 0 Å². The van der Waals surface area contributed by atoms with Crippen molar-refractivity contribution in [3.05, 3.63) is 0 Å². The van der Waals surface area contributed by atoms with Crippen LogP contribution in [0.15, 0.2) is 4.99 Å². The van der Waals surface area contributed by atoms with Gasteiger partial charge in [-0.2, -0.15) is 0 Å². The quantitative estimate of drug-likeness (QED) is 0.720. The first-order valence-electron chi connectivity index (χ1n) is 4.18. The maximum Gasteiger partial charge on any atom is 0.157 e. The van der Waals surface area contributed by atoms with Gasteiger partial charge in [-0.1, -0.05) is 11.8 Å². The topological polar surface area (TPSA) is 33.6 Å². The van der Waals surface area contributed by atoms with E-state index in [1.807, 2.05) is 0 Å². The lowest BCUT2D eigenvalue weighted by atomic mass is 10.4. The largest absolute Gasteiger partial charge is 0.383 e. The van der Waals surface area contributed by atoms with Crippen molar-refractivity contribution >= 4 is 16.9 Å². The van der Waals surface area contributed by atoms with E-state index < -0.39 is 0 Å². The smallest absolute Gasteiger partial charge is 0.157 e. The molecule has 0 saturated carbocycles. The van der Waals surface area contributed by atoms with Gasteiger partial charge in [0.25, 0.3) is 0 Å². The number of nitrogens with zero attached hydrogens (tertiary/aromatic N) is 1. The third-order valence-electron chi connectivity index (χ3n) is 1.59. The minimum Gasteiger partial charge on any atom is -0.383 e. The molecule has 0 aromatic heterocycles. The van der Waals surface area contributed by atoms with E-state index in [1.165, 1.54) is 0 Å². The summed E-state index contributed by atoms with van der Waals surface area (Å²) in [6.07, 6.45) is 0. The van der Waals surface area contributed by atoms with Gasteiger partial charge in [0.15, 0.2) is 5.17 Å². The molecule has 12 heavy (non-hydrogen) atoms. The standard InChI is InChI=1S/C8H16N2OS/c1-6(4-11-3)9-8-10-7(2)5-12-8/h6-7H,4-5H2,1-3H3,(H,9,10). The second kappa shape index (κ2) is 4.72. The van der Waals surface area contributed by atoms with Crippen molar-refractivity contribution in [2.45, 2.75) is 25.9 Å². The van der Waals surface area contributed by atoms with Crippen LogP contribution in [0.25, 0.3) is 0 Å². The number of nitrogens with one attached hydrogen (secondary N) is 1. The molecule has 1 heterocycles. The molecular weight excluding hydrogens is 172 g/mol. The Labute approximate surface area is 78.0 Å². The summed E-state index contributed by atoms with van der Waals surface area (Å²) in [6, 6.07) is 0.818. The molecule has 1 aliphatic rings. The Balaban J connectivity index is 2.26. The number of hydrogen-bond donors (Lipinski definition) is 1. The van der Waals surface area contributed by atoms with Crippen molar-refractivity contribution in [3.8, 4) is 0 Å². The van der Waals surface area contributed by atoms with Gasteiger partial charge < -0.3 is 10.1 Å². The highest BCUT2D eigenvalue weighted by Crippen LogP contribution is 2.15. The summed E-state index contributed by atoms with van der Waals surface area (Å²) < 4.78 is 5.01. The number of ether oxygens (including phenoxy) is 1. The number of methoxy groups -OCH3 is 1. The van der Waals surface area contributed by atoms with Gasteiger partial charge in [-0.05, 0) is 13.8 Å². The molecule has 3 nitrogen and oxygen atoms in total. The normalized spacial score (nSPS) is 25.2. The molecule has 0 aromatic carbocycles. The first kappa shape index (κ1) is 9.86. The van der Waals surface area contributed by atoms with Crippen LogP contribution in [0.3, 0.4) is 0 Å². The summed E-state index contributed by atoms with van der Waals surface area (Å²) in [5.41, 5.74) is 0. The van der Waals surface area contributed by atoms with E-state index in [1.54, 1.807) is 18.9 Å². The van der Waals surface area contributed by atoms with Gasteiger partial charge in [-0.3, -0.25) is 4.99 Å². The maximum absolute atomic E-state index is 5.01. The highest BCUT2D eigenvalue weighted by atomic mass is 32.2. The zero-order valence-corrected chi connectivity index (χ0v) is 8.65. The number of rotatable bonds is 3. The molecule has 0 fully saturated rings. The number of aliphatic imine (C=N–C) groups is 1. The van der Waals surface area contributed by atoms with Crippen molar-refractivity contribution < 1.29 is 4.74 Å². The van der Waals surface area contributed by atoms with E-state index in [2.05, 4.69) is 24.2 Å². The lowest BCUT2D eigenvalue weighted by Crippen LogP contribution is -2.33. The van der Waals surface area contributed by atoms with E-state index in [4.69, 9.17) is 4.74 Å². The van der Waals surface area contributed by atoms with Crippen LogP contribution in [0, 0.1) is 0 Å². The fourth-order valence-electron chi connectivity index (χ4n) is 1.06. The van der Waals surface area contributed by atoms with Gasteiger partial charge in [0, 0.05) is 18.9 Å². The zero-order chi connectivity index (χ0) is 8.97. The first-order chi connectivity index (χ1) is 5.72. The molecule has 4 heteroatoms. The van der Waals surface area contributed by atoms with Crippen LogP contribution >= 0.6 is 11.8 Å². The average Bonchev–Trinajstić information content (AvgIpc) is 2.36. The molecule has 1 rings (SSSR count). The highest BCUT2D eigenvalue weighted by Gasteiger charge is 2.14. The van der Waals surface area contributed by atoms with Crippen LogP contribution in [0.5, 0.6) is 0 Å². The van der Waals surface area contributed by atoms with E-state index in [9.17, 15) is 0 Å². The Morgan fingerprint density at radius 2 is 2.58 bits per heavy atom. The predicted molar refractivity (Wildman–Crippen MR) is 53.8 cm³/mol. The maximum atomic E-state index is 5.01. The summed E-state index contributed by atoms with van der Waals surface area (Å²) in [5, 5.41) is 4.36. The number of hydrogen-bond acceptors (Lipinski definition) is 4. The minimum absolute atomic E-state index is 0.353. The molecule has 2 unspecified atom stereocenters. The van der Waals surface area contributed by atoms with Crippen LogP contribution < -0.4 is 5.32 Å². The molecule has 0 bridgehead atoms. The number of thioether (sulfide) groups is 1. The van der Waals surface area contributed by atoms with Gasteiger partial charge >= 0.3 is 0 Å². The van der Waals surface area contributed by atoms with Crippen molar-refractivity contribution in [1.82, 2.24) is 5.32 Å². The fraction of sp³-hybridized carbons (Fsp3) is 0.875. The van der Waals surface area contributed by atoms with Crippen molar-refractivity contribution in [1.29, 1.82) is 0 Å². The van der Waals surface area contributed by atoms with Gasteiger partial charge in [-0.15, -0.1) is 0 Å². The Kier molecular flexibility index (Phi) is 3.88. The summed E-state index contributed by atoms with van der Waals surface area (Å²) in [7, 11) is 1.71. The van der Waals surface area contributed by atoms with Crippen LogP contribution in [0.2, 0.25) is 0 Å². The number of amidine groups is 1. The molecule has 70 valence electrons. The van der Waals surface area contributed by atoms with E-state index in [0.717, 1.165) is 17.5 Å². The molecular formula is C8H16N2OS. The molecule has 2 atom stereocenters. The first-order valence-corrected chi connectivity index (χ1v) is 5.17. The van der Waals surface area contributed by atoms with Gasteiger partial charge in [0.1, 0.15) is 0 Å². The lowest BCUT2D eigenvalue weighted by Gasteiger charge is -2.12. The summed E-state index contributed by atoms with van der Waals surface area (Å²) in [4.78, 5) is 4.42. The van der Waals surface area contributed by atoms with Crippen molar-refractivity contribution in [2.75, 3.05) is 19.5 Å². The second-order valence-corrected chi connectivity index (χ2v) is 4.10. The van der Waals surface area contributed by atoms with Gasteiger partial charge in [0.05, 0.1) is 12.6 Å². The Hall–Kier alpha value is -0.220. The van der Waals surface area contributed by atoms with Gasteiger partial charge in [-0.25, -0.2) is 0 Å². The summed E-state index contributed by atoms with van der Waals surface area (Å²) in [6.45, 7) is 4.95. The average molecular weight is 188 g/mol. The Morgan fingerprint density at radius 1 is 1.83 bits per heavy atom. The highest BCUT2D eigenvalue weighted by molar-refractivity contribution is 8.14. The molecule has 1 N–H and O–H groups in total. The minimum atomic E-state index is 0.353. The summed E-state index contributed by atoms with van der Waals surface area (Å²) in [5.74, 6) is 1.10. The molecule has 0 amide bonds. The molecule has 0 saturated heterocycles. The van der Waals surface area contributed by atoms with Crippen molar-refractivity contribution in [3.63, 3.8) is 0 Å². The van der Waals surface area contributed by atoms with Crippen LogP contribution in [0.1, 0.15) is 13.8 Å². The molecule has 1 aliphatic heterocycles. The van der Waals surface area contributed by atoms with E-state index >= 15 is 0 Å². The van der Waals surface area contributed by atoms with E-state index in [-0.39, 0.29) is 0 Å². The second-order valence-electron chi connectivity index (χ2n) is 3.10. The Morgan fingerprint density at radius 3 is 3.08 bits per heavy atom. The third-order valence-corrected chi connectivity index (χ3v) is 2.73. The van der Waals surface area contributed by atoms with Gasteiger partial charge in [0.2, 0.25) is 0 Å². The zero-order valence-electron chi connectivity index (χ0n) is 7.83. The molecule has 0 aromatic rings. The van der Waals surface area contributed by atoms with Crippen LogP contribution in [-0.4, -0.2) is 36.7 Å². The van der Waals surface area contributed by atoms with Crippen LogP contribution in [-0.2, 0) is 4.74 Å². The van der Waals surface area contributed by atoms with E-state index in [0.29, 0.717) is 12.1 Å². The third kappa shape index (κ3) is 3.03. The monoisotopic (exact) mass is 188 g/mol. The molecule has 0 spiro atoms.